The van der Waals surface area contributed by atoms with Crippen molar-refractivity contribution in [2.24, 2.45) is 0 Å². The lowest BCUT2D eigenvalue weighted by molar-refractivity contribution is -0.113. The molecule has 1 heterocycles. The number of amides is 1. The average Bonchev–Trinajstić information content (AvgIpc) is 2.96. The number of aromatic nitrogens is 4. The van der Waals surface area contributed by atoms with Gasteiger partial charge in [0, 0.05) is 5.69 Å². The molecule has 2 rings (SSSR count). The Labute approximate surface area is 152 Å². The van der Waals surface area contributed by atoms with Crippen LogP contribution in [-0.4, -0.2) is 38.5 Å². The first-order valence-corrected chi connectivity index (χ1v) is 8.49. The Bertz CT molecular complexity index is 751. The molecule has 1 aromatic heterocycles. The molecule has 0 atom stereocenters. The number of benzene rings is 1. The van der Waals surface area contributed by atoms with Crippen LogP contribution in [0.1, 0.15) is 20.8 Å². The summed E-state index contributed by atoms with van der Waals surface area (Å²) in [5.41, 5.74) is 0.0590. The molecule has 0 saturated heterocycles. The maximum atomic E-state index is 12.2. The van der Waals surface area contributed by atoms with Gasteiger partial charge in [0.1, 0.15) is 5.75 Å². The van der Waals surface area contributed by atoms with Crippen LogP contribution in [0.5, 0.6) is 5.75 Å². The highest BCUT2D eigenvalue weighted by atomic mass is 35.5. The molecule has 0 aliphatic carbocycles. The Kier molecular flexibility index (Phi) is 6.17. The van der Waals surface area contributed by atoms with Crippen molar-refractivity contribution in [2.75, 3.05) is 11.1 Å². The molecule has 136 valence electrons. The average molecular weight is 392 g/mol. The van der Waals surface area contributed by atoms with Crippen LogP contribution in [0.3, 0.4) is 0 Å². The van der Waals surface area contributed by atoms with Gasteiger partial charge in [-0.3, -0.25) is 4.79 Å². The largest absolute Gasteiger partial charge is 0.433 e. The zero-order chi connectivity index (χ0) is 18.6. The van der Waals surface area contributed by atoms with E-state index < -0.39 is 6.61 Å². The van der Waals surface area contributed by atoms with Gasteiger partial charge >= 0.3 is 6.61 Å². The SMILES string of the molecule is CC(C)(C)n1nnnc1SCC(=O)Nc1ccc(OC(F)F)c(Cl)c1. The fraction of sp³-hybridized carbons (Fsp3) is 0.429. The summed E-state index contributed by atoms with van der Waals surface area (Å²) >= 11 is 7.02. The van der Waals surface area contributed by atoms with Crippen molar-refractivity contribution in [3.63, 3.8) is 0 Å². The first kappa shape index (κ1) is 19.4. The Balaban J connectivity index is 1.95. The molecular formula is C14H16ClF2N5O2S. The van der Waals surface area contributed by atoms with Gasteiger partial charge < -0.3 is 10.1 Å². The van der Waals surface area contributed by atoms with Gasteiger partial charge in [-0.25, -0.2) is 4.68 Å². The minimum atomic E-state index is -2.97. The summed E-state index contributed by atoms with van der Waals surface area (Å²) in [5, 5.41) is 14.5. The summed E-state index contributed by atoms with van der Waals surface area (Å²) in [5.74, 6) is -0.399. The normalized spacial score (nSPS) is 11.6. The van der Waals surface area contributed by atoms with E-state index in [1.54, 1.807) is 4.68 Å². The van der Waals surface area contributed by atoms with Crippen molar-refractivity contribution >= 4 is 35.0 Å². The number of ether oxygens (including phenoxy) is 1. The minimum Gasteiger partial charge on any atom is -0.433 e. The molecule has 0 radical (unpaired) electrons. The van der Waals surface area contributed by atoms with Crippen LogP contribution in [0.4, 0.5) is 14.5 Å². The van der Waals surface area contributed by atoms with Gasteiger partial charge in [0.05, 0.1) is 16.3 Å². The molecule has 7 nitrogen and oxygen atoms in total. The third kappa shape index (κ3) is 5.53. The number of carbonyl (C=O) groups is 1. The third-order valence-corrected chi connectivity index (χ3v) is 4.06. The number of carbonyl (C=O) groups excluding carboxylic acids is 1. The van der Waals surface area contributed by atoms with Crippen LogP contribution in [0.15, 0.2) is 23.4 Å². The molecule has 25 heavy (non-hydrogen) atoms. The molecule has 0 bridgehead atoms. The maximum Gasteiger partial charge on any atom is 0.387 e. The lowest BCUT2D eigenvalue weighted by atomic mass is 10.1. The molecule has 0 aliphatic heterocycles. The second-order valence-electron chi connectivity index (χ2n) is 5.90. The van der Waals surface area contributed by atoms with E-state index in [1.165, 1.54) is 30.0 Å². The summed E-state index contributed by atoms with van der Waals surface area (Å²) < 4.78 is 30.2. The molecule has 11 heteroatoms. The van der Waals surface area contributed by atoms with Crippen molar-refractivity contribution in [3.8, 4) is 5.75 Å². The number of tetrazole rings is 1. The summed E-state index contributed by atoms with van der Waals surface area (Å²) in [6.45, 7) is 2.86. The van der Waals surface area contributed by atoms with Crippen LogP contribution in [0.25, 0.3) is 0 Å². The molecule has 0 spiro atoms. The van der Waals surface area contributed by atoms with Gasteiger partial charge in [0.25, 0.3) is 0 Å². The molecule has 1 aromatic carbocycles. The number of rotatable bonds is 6. The second kappa shape index (κ2) is 7.96. The van der Waals surface area contributed by atoms with Gasteiger partial charge in [0.15, 0.2) is 0 Å². The molecule has 1 amide bonds. The quantitative estimate of drug-likeness (QED) is 0.760. The molecule has 0 saturated carbocycles. The molecular weight excluding hydrogens is 376 g/mol. The molecule has 1 N–H and O–H groups in total. The van der Waals surface area contributed by atoms with Crippen molar-refractivity contribution in [2.45, 2.75) is 38.1 Å². The van der Waals surface area contributed by atoms with Gasteiger partial charge in [-0.2, -0.15) is 8.78 Å². The second-order valence-corrected chi connectivity index (χ2v) is 7.25. The van der Waals surface area contributed by atoms with Crippen LogP contribution in [0.2, 0.25) is 5.02 Å². The predicted molar refractivity (Wildman–Crippen MR) is 90.3 cm³/mol. The van der Waals surface area contributed by atoms with E-state index in [2.05, 4.69) is 25.6 Å². The minimum absolute atomic E-state index is 0.0255. The predicted octanol–water partition coefficient (Wildman–Crippen LogP) is 3.41. The lowest BCUT2D eigenvalue weighted by Crippen LogP contribution is -2.24. The van der Waals surface area contributed by atoms with Crippen LogP contribution < -0.4 is 10.1 Å². The molecule has 2 aromatic rings. The summed E-state index contributed by atoms with van der Waals surface area (Å²) in [4.78, 5) is 12.0. The number of hydrogen-bond acceptors (Lipinski definition) is 6. The number of thioether (sulfide) groups is 1. The summed E-state index contributed by atoms with van der Waals surface area (Å²) in [6, 6.07) is 4.02. The fourth-order valence-electron chi connectivity index (χ4n) is 1.79. The summed E-state index contributed by atoms with van der Waals surface area (Å²) in [7, 11) is 0. The number of anilines is 1. The van der Waals surface area contributed by atoms with Crippen LogP contribution in [0, 0.1) is 0 Å². The number of halogens is 3. The van der Waals surface area contributed by atoms with E-state index in [0.29, 0.717) is 10.8 Å². The highest BCUT2D eigenvalue weighted by Gasteiger charge is 2.20. The lowest BCUT2D eigenvalue weighted by Gasteiger charge is -2.19. The Morgan fingerprint density at radius 2 is 2.16 bits per heavy atom. The van der Waals surface area contributed by atoms with E-state index in [-0.39, 0.29) is 28.0 Å². The number of nitrogens with one attached hydrogen (secondary N) is 1. The van der Waals surface area contributed by atoms with Gasteiger partial charge in [-0.05, 0) is 49.4 Å². The highest BCUT2D eigenvalue weighted by Crippen LogP contribution is 2.29. The zero-order valence-corrected chi connectivity index (χ0v) is 15.2. The smallest absolute Gasteiger partial charge is 0.387 e. The maximum absolute atomic E-state index is 12.2. The standard InChI is InChI=1S/C14H16ClF2N5O2S/c1-14(2,3)22-13(19-20-21-22)25-7-11(23)18-8-4-5-10(9(15)6-8)24-12(16)17/h4-6,12H,7H2,1-3H3,(H,18,23). The van der Waals surface area contributed by atoms with Crippen LogP contribution in [-0.2, 0) is 10.3 Å². The fourth-order valence-corrected chi connectivity index (χ4v) is 2.87. The Hall–Kier alpha value is -1.94. The topological polar surface area (TPSA) is 81.9 Å². The Morgan fingerprint density at radius 3 is 2.76 bits per heavy atom. The van der Waals surface area contributed by atoms with Crippen molar-refractivity contribution in [3.05, 3.63) is 23.2 Å². The first-order valence-electron chi connectivity index (χ1n) is 7.12. The highest BCUT2D eigenvalue weighted by molar-refractivity contribution is 7.99. The third-order valence-electron chi connectivity index (χ3n) is 2.84. The zero-order valence-electron chi connectivity index (χ0n) is 13.7. The number of nitrogens with zero attached hydrogens (tertiary/aromatic N) is 4. The van der Waals surface area contributed by atoms with E-state index in [1.807, 2.05) is 20.8 Å². The van der Waals surface area contributed by atoms with Gasteiger partial charge in [-0.15, -0.1) is 5.10 Å². The monoisotopic (exact) mass is 391 g/mol. The number of alkyl halides is 2. The summed E-state index contributed by atoms with van der Waals surface area (Å²) in [6.07, 6.45) is 0. The van der Waals surface area contributed by atoms with E-state index >= 15 is 0 Å². The van der Waals surface area contributed by atoms with E-state index in [4.69, 9.17) is 11.6 Å². The molecule has 0 aliphatic rings. The van der Waals surface area contributed by atoms with E-state index in [0.717, 1.165) is 0 Å². The van der Waals surface area contributed by atoms with E-state index in [9.17, 15) is 13.6 Å². The molecule has 0 unspecified atom stereocenters. The first-order chi connectivity index (χ1) is 11.7. The van der Waals surface area contributed by atoms with Crippen molar-refractivity contribution in [1.82, 2.24) is 20.2 Å². The Morgan fingerprint density at radius 1 is 1.44 bits per heavy atom. The van der Waals surface area contributed by atoms with Crippen molar-refractivity contribution in [1.29, 1.82) is 0 Å². The van der Waals surface area contributed by atoms with Gasteiger partial charge in [-0.1, -0.05) is 23.4 Å². The molecule has 0 fully saturated rings. The van der Waals surface area contributed by atoms with Crippen molar-refractivity contribution < 1.29 is 18.3 Å². The van der Waals surface area contributed by atoms with Gasteiger partial charge in [0.2, 0.25) is 11.1 Å². The van der Waals surface area contributed by atoms with Crippen LogP contribution >= 0.6 is 23.4 Å². The number of hydrogen-bond donors (Lipinski definition) is 1.